The van der Waals surface area contributed by atoms with E-state index in [1.54, 1.807) is 14.2 Å². The Balaban J connectivity index is 1.92. The summed E-state index contributed by atoms with van der Waals surface area (Å²) in [7, 11) is 3.31. The number of aliphatic hydroxyl groups excluding tert-OH is 3. The Morgan fingerprint density at radius 2 is 1.20 bits per heavy atom. The number of hydrogen-bond donors (Lipinski definition) is 3. The van der Waals surface area contributed by atoms with Crippen LogP contribution < -0.4 is 0 Å². The second kappa shape index (κ2) is 7.18. The summed E-state index contributed by atoms with van der Waals surface area (Å²) in [4.78, 5) is 0. The van der Waals surface area contributed by atoms with Gasteiger partial charge in [0.05, 0.1) is 30.5 Å². The van der Waals surface area contributed by atoms with Crippen LogP contribution in [0.1, 0.15) is 38.5 Å². The largest absolute Gasteiger partial charge is 0.393 e. The lowest BCUT2D eigenvalue weighted by molar-refractivity contribution is -0.114. The monoisotopic (exact) mass is 288 g/mol. The van der Waals surface area contributed by atoms with Crippen molar-refractivity contribution < 1.29 is 24.8 Å². The van der Waals surface area contributed by atoms with Gasteiger partial charge in [0.25, 0.3) is 0 Å². The quantitative estimate of drug-likeness (QED) is 0.709. The maximum absolute atomic E-state index is 10.6. The molecule has 0 aromatic carbocycles. The predicted octanol–water partition coefficient (Wildman–Crippen LogP) is 0.699. The molecular weight excluding hydrogens is 260 g/mol. The van der Waals surface area contributed by atoms with Gasteiger partial charge in [0, 0.05) is 26.1 Å². The average molecular weight is 288 g/mol. The molecule has 2 aliphatic carbocycles. The van der Waals surface area contributed by atoms with Crippen molar-refractivity contribution in [3.8, 4) is 0 Å². The first-order chi connectivity index (χ1) is 9.56. The maximum atomic E-state index is 10.6. The summed E-state index contributed by atoms with van der Waals surface area (Å²) in [6, 6.07) is 0. The van der Waals surface area contributed by atoms with Crippen molar-refractivity contribution in [2.45, 2.75) is 69.0 Å². The first-order valence-electron chi connectivity index (χ1n) is 7.66. The molecule has 2 fully saturated rings. The Morgan fingerprint density at radius 3 is 1.50 bits per heavy atom. The van der Waals surface area contributed by atoms with Crippen LogP contribution in [0.4, 0.5) is 0 Å². The summed E-state index contributed by atoms with van der Waals surface area (Å²) in [6.45, 7) is 0. The molecule has 118 valence electrons. The lowest BCUT2D eigenvalue weighted by atomic mass is 9.72. The molecule has 0 aliphatic heterocycles. The van der Waals surface area contributed by atoms with Gasteiger partial charge < -0.3 is 24.8 Å². The van der Waals surface area contributed by atoms with Crippen LogP contribution in [-0.4, -0.2) is 60.1 Å². The predicted molar refractivity (Wildman–Crippen MR) is 74.3 cm³/mol. The van der Waals surface area contributed by atoms with E-state index in [9.17, 15) is 15.3 Å². The Morgan fingerprint density at radius 1 is 0.800 bits per heavy atom. The van der Waals surface area contributed by atoms with Crippen molar-refractivity contribution >= 4 is 0 Å². The molecular formula is C15H28O5. The second-order valence-corrected chi connectivity index (χ2v) is 6.29. The standard InChI is InChI=1S/C15H28O5/c1-19-9-3-5-11(13(16)7-9)15(18)12-6-4-10(20-2)8-14(12)17/h9-18H,3-8H2,1-2H3. The van der Waals surface area contributed by atoms with E-state index in [0.717, 1.165) is 25.7 Å². The second-order valence-electron chi connectivity index (χ2n) is 6.29. The van der Waals surface area contributed by atoms with Gasteiger partial charge >= 0.3 is 0 Å². The van der Waals surface area contributed by atoms with E-state index in [-0.39, 0.29) is 24.0 Å². The highest BCUT2D eigenvalue weighted by Gasteiger charge is 2.41. The SMILES string of the molecule is COC1CCC(C(O)C2CCC(OC)CC2O)C(O)C1. The maximum Gasteiger partial charge on any atom is 0.0645 e. The van der Waals surface area contributed by atoms with Crippen LogP contribution in [0, 0.1) is 11.8 Å². The van der Waals surface area contributed by atoms with E-state index in [0.29, 0.717) is 12.8 Å². The third-order valence-corrected chi connectivity index (χ3v) is 5.19. The topological polar surface area (TPSA) is 79.2 Å². The van der Waals surface area contributed by atoms with Crippen molar-refractivity contribution in [3.05, 3.63) is 0 Å². The van der Waals surface area contributed by atoms with E-state index in [4.69, 9.17) is 9.47 Å². The summed E-state index contributed by atoms with van der Waals surface area (Å²) in [5.74, 6) is -0.305. The fourth-order valence-corrected chi connectivity index (χ4v) is 3.81. The van der Waals surface area contributed by atoms with E-state index >= 15 is 0 Å². The summed E-state index contributed by atoms with van der Waals surface area (Å²) >= 11 is 0. The molecule has 6 atom stereocenters. The molecule has 0 aromatic rings. The first-order valence-corrected chi connectivity index (χ1v) is 7.66. The summed E-state index contributed by atoms with van der Waals surface area (Å²) in [5, 5.41) is 31.0. The number of methoxy groups -OCH3 is 2. The van der Waals surface area contributed by atoms with Crippen molar-refractivity contribution in [1.29, 1.82) is 0 Å². The van der Waals surface area contributed by atoms with Gasteiger partial charge in [-0.2, -0.15) is 0 Å². The van der Waals surface area contributed by atoms with Gasteiger partial charge in [0.15, 0.2) is 0 Å². The van der Waals surface area contributed by atoms with Gasteiger partial charge in [-0.15, -0.1) is 0 Å². The Hall–Kier alpha value is -0.200. The van der Waals surface area contributed by atoms with Gasteiger partial charge in [0.2, 0.25) is 0 Å². The first kappa shape index (κ1) is 16.2. The van der Waals surface area contributed by atoms with E-state index < -0.39 is 18.3 Å². The Labute approximate surface area is 120 Å². The van der Waals surface area contributed by atoms with E-state index in [1.807, 2.05) is 0 Å². The van der Waals surface area contributed by atoms with Gasteiger partial charge in [-0.1, -0.05) is 0 Å². The highest BCUT2D eigenvalue weighted by molar-refractivity contribution is 4.92. The lowest BCUT2D eigenvalue weighted by Crippen LogP contribution is -2.47. The van der Waals surface area contributed by atoms with Crippen LogP contribution in [-0.2, 0) is 9.47 Å². The zero-order chi connectivity index (χ0) is 14.7. The number of aliphatic hydroxyl groups is 3. The molecule has 0 radical (unpaired) electrons. The molecule has 5 heteroatoms. The third kappa shape index (κ3) is 3.52. The molecule has 0 amide bonds. The van der Waals surface area contributed by atoms with Gasteiger partial charge in [-0.3, -0.25) is 0 Å². The molecule has 0 spiro atoms. The van der Waals surface area contributed by atoms with E-state index in [1.165, 1.54) is 0 Å². The molecule has 0 bridgehead atoms. The van der Waals surface area contributed by atoms with Crippen molar-refractivity contribution in [2.24, 2.45) is 11.8 Å². The smallest absolute Gasteiger partial charge is 0.0645 e. The normalized spacial score (nSPS) is 44.2. The average Bonchev–Trinajstić information content (AvgIpc) is 2.46. The van der Waals surface area contributed by atoms with Crippen LogP contribution in [0.25, 0.3) is 0 Å². The molecule has 6 unspecified atom stereocenters. The molecule has 20 heavy (non-hydrogen) atoms. The highest BCUT2D eigenvalue weighted by Crippen LogP contribution is 2.37. The Bertz CT molecular complexity index is 270. The fraction of sp³-hybridized carbons (Fsp3) is 1.00. The highest BCUT2D eigenvalue weighted by atomic mass is 16.5. The third-order valence-electron chi connectivity index (χ3n) is 5.19. The van der Waals surface area contributed by atoms with Crippen molar-refractivity contribution in [1.82, 2.24) is 0 Å². The molecule has 2 rings (SSSR count). The molecule has 0 saturated heterocycles. The number of ether oxygens (including phenoxy) is 2. The fourth-order valence-electron chi connectivity index (χ4n) is 3.81. The summed E-state index contributed by atoms with van der Waals surface area (Å²) < 4.78 is 10.6. The minimum absolute atomic E-state index is 0.0857. The van der Waals surface area contributed by atoms with Crippen LogP contribution in [0.5, 0.6) is 0 Å². The van der Waals surface area contributed by atoms with Crippen molar-refractivity contribution in [2.75, 3.05) is 14.2 Å². The minimum atomic E-state index is -0.643. The molecule has 3 N–H and O–H groups in total. The Kier molecular flexibility index (Phi) is 5.81. The van der Waals surface area contributed by atoms with Crippen molar-refractivity contribution in [3.63, 3.8) is 0 Å². The summed E-state index contributed by atoms with van der Waals surface area (Å²) in [6.07, 6.45) is 2.80. The molecule has 0 heterocycles. The van der Waals surface area contributed by atoms with Crippen LogP contribution in [0.3, 0.4) is 0 Å². The van der Waals surface area contributed by atoms with Crippen LogP contribution >= 0.6 is 0 Å². The van der Waals surface area contributed by atoms with Crippen LogP contribution in [0.2, 0.25) is 0 Å². The molecule has 2 saturated carbocycles. The summed E-state index contributed by atoms with van der Waals surface area (Å²) in [5.41, 5.74) is 0. The van der Waals surface area contributed by atoms with Gasteiger partial charge in [-0.25, -0.2) is 0 Å². The molecule has 2 aliphatic rings. The van der Waals surface area contributed by atoms with Crippen LogP contribution in [0.15, 0.2) is 0 Å². The lowest BCUT2D eigenvalue weighted by Gasteiger charge is -2.42. The minimum Gasteiger partial charge on any atom is -0.393 e. The number of hydrogen-bond acceptors (Lipinski definition) is 5. The van der Waals surface area contributed by atoms with E-state index in [2.05, 4.69) is 0 Å². The zero-order valence-corrected chi connectivity index (χ0v) is 12.4. The molecule has 0 aromatic heterocycles. The number of rotatable bonds is 4. The van der Waals surface area contributed by atoms with Gasteiger partial charge in [-0.05, 0) is 38.5 Å². The zero-order valence-electron chi connectivity index (χ0n) is 12.4. The van der Waals surface area contributed by atoms with Gasteiger partial charge in [0.1, 0.15) is 0 Å². The molecule has 5 nitrogen and oxygen atoms in total.